The largest absolute Gasteiger partial charge is 0.324 e. The predicted molar refractivity (Wildman–Crippen MR) is 86.7 cm³/mol. The van der Waals surface area contributed by atoms with Crippen LogP contribution in [0.5, 0.6) is 0 Å². The summed E-state index contributed by atoms with van der Waals surface area (Å²) in [5, 5.41) is 16.3. The first-order chi connectivity index (χ1) is 9.93. The van der Waals surface area contributed by atoms with Crippen LogP contribution in [0.1, 0.15) is 38.2 Å². The number of rotatable bonds is 6. The normalized spacial score (nSPS) is 26.2. The molecule has 1 heterocycles. The Labute approximate surface area is 130 Å². The molecule has 0 aliphatic heterocycles. The van der Waals surface area contributed by atoms with E-state index in [0.29, 0.717) is 6.54 Å². The maximum Gasteiger partial charge on any atom is 0.324 e. The third-order valence-corrected chi connectivity index (χ3v) is 5.55. The lowest BCUT2D eigenvalue weighted by molar-refractivity contribution is -0.380. The third-order valence-electron chi connectivity index (χ3n) is 4.62. The Bertz CT molecular complexity index is 489. The van der Waals surface area contributed by atoms with Crippen molar-refractivity contribution in [2.75, 3.05) is 20.6 Å². The Morgan fingerprint density at radius 2 is 2.33 bits per heavy atom. The molecule has 6 heteroatoms. The zero-order valence-electron chi connectivity index (χ0n) is 13.1. The van der Waals surface area contributed by atoms with Crippen LogP contribution in [0, 0.1) is 16.0 Å². The van der Waals surface area contributed by atoms with Crippen LogP contribution >= 0.6 is 11.3 Å². The van der Waals surface area contributed by atoms with Gasteiger partial charge in [0.2, 0.25) is 0 Å². The molecule has 0 radical (unpaired) electrons. The number of hydrogen-bond acceptors (Lipinski definition) is 5. The zero-order chi connectivity index (χ0) is 15.5. The quantitative estimate of drug-likeness (QED) is 0.647. The first kappa shape index (κ1) is 16.4. The van der Waals surface area contributed by atoms with Crippen molar-refractivity contribution >= 4 is 16.3 Å². The molecule has 0 spiro atoms. The lowest BCUT2D eigenvalue weighted by Gasteiger charge is -2.45. The topological polar surface area (TPSA) is 58.4 Å². The number of nitrogens with zero attached hydrogens (tertiary/aromatic N) is 2. The molecule has 1 aliphatic rings. The molecule has 2 rings (SSSR count). The zero-order valence-corrected chi connectivity index (χ0v) is 13.9. The molecular formula is C15H25N3O2S. The molecule has 1 aliphatic carbocycles. The van der Waals surface area contributed by atoms with Gasteiger partial charge in [-0.05, 0) is 38.4 Å². The summed E-state index contributed by atoms with van der Waals surface area (Å²) in [5.74, 6) is 0.769. The van der Waals surface area contributed by atoms with E-state index in [1.54, 1.807) is 6.07 Å². The fraction of sp³-hybridized carbons (Fsp3) is 0.733. The molecule has 118 valence electrons. The number of thiophene rings is 1. The molecule has 21 heavy (non-hydrogen) atoms. The standard InChI is InChI=1S/C15H25N3O2S/c1-12-5-4-6-15(8-12,17(2)3)11-16-9-13-7-14(18(19)20)21-10-13/h7,10,12,16H,4-6,8-9,11H2,1-3H3. The lowest BCUT2D eigenvalue weighted by atomic mass is 9.75. The predicted octanol–water partition coefficient (Wildman–Crippen LogP) is 3.26. The minimum Gasteiger partial charge on any atom is -0.311 e. The Kier molecular flexibility index (Phi) is 5.35. The van der Waals surface area contributed by atoms with Crippen molar-refractivity contribution in [2.45, 2.75) is 44.7 Å². The highest BCUT2D eigenvalue weighted by Gasteiger charge is 2.36. The van der Waals surface area contributed by atoms with E-state index in [1.807, 2.05) is 5.38 Å². The average molecular weight is 311 g/mol. The van der Waals surface area contributed by atoms with Gasteiger partial charge in [-0.25, -0.2) is 0 Å². The highest BCUT2D eigenvalue weighted by Crippen LogP contribution is 2.35. The van der Waals surface area contributed by atoms with Crippen LogP contribution in [-0.2, 0) is 6.54 Å². The fourth-order valence-electron chi connectivity index (χ4n) is 3.35. The summed E-state index contributed by atoms with van der Waals surface area (Å²) in [7, 11) is 4.32. The Morgan fingerprint density at radius 3 is 2.90 bits per heavy atom. The maximum atomic E-state index is 10.7. The van der Waals surface area contributed by atoms with Gasteiger partial charge in [0.1, 0.15) is 0 Å². The van der Waals surface area contributed by atoms with E-state index in [-0.39, 0.29) is 15.5 Å². The Morgan fingerprint density at radius 1 is 1.57 bits per heavy atom. The van der Waals surface area contributed by atoms with Gasteiger partial charge in [0, 0.05) is 30.1 Å². The van der Waals surface area contributed by atoms with E-state index < -0.39 is 0 Å². The minimum absolute atomic E-state index is 0.222. The maximum absolute atomic E-state index is 10.7. The van der Waals surface area contributed by atoms with E-state index in [1.165, 1.54) is 37.0 Å². The minimum atomic E-state index is -0.321. The highest BCUT2D eigenvalue weighted by atomic mass is 32.1. The van der Waals surface area contributed by atoms with Crippen LogP contribution in [-0.4, -0.2) is 36.0 Å². The molecule has 5 nitrogen and oxygen atoms in total. The smallest absolute Gasteiger partial charge is 0.311 e. The molecule has 1 saturated carbocycles. The van der Waals surface area contributed by atoms with Crippen molar-refractivity contribution in [3.63, 3.8) is 0 Å². The van der Waals surface area contributed by atoms with Gasteiger partial charge in [0.15, 0.2) is 0 Å². The highest BCUT2D eigenvalue weighted by molar-refractivity contribution is 7.13. The first-order valence-electron chi connectivity index (χ1n) is 7.53. The van der Waals surface area contributed by atoms with Gasteiger partial charge in [0.05, 0.1) is 4.92 Å². The Balaban J connectivity index is 1.91. The van der Waals surface area contributed by atoms with Gasteiger partial charge in [-0.15, -0.1) is 0 Å². The van der Waals surface area contributed by atoms with E-state index >= 15 is 0 Å². The molecule has 0 amide bonds. The van der Waals surface area contributed by atoms with Gasteiger partial charge in [-0.2, -0.15) is 0 Å². The van der Waals surface area contributed by atoms with Gasteiger partial charge in [-0.3, -0.25) is 10.1 Å². The molecule has 1 N–H and O–H groups in total. The molecule has 2 unspecified atom stereocenters. The van der Waals surface area contributed by atoms with Crippen molar-refractivity contribution in [2.24, 2.45) is 5.92 Å². The molecule has 1 aromatic heterocycles. The van der Waals surface area contributed by atoms with Crippen molar-refractivity contribution in [1.82, 2.24) is 10.2 Å². The SMILES string of the molecule is CC1CCCC(CNCc2csc([N+](=O)[O-])c2)(N(C)C)C1. The second-order valence-corrected chi connectivity index (χ2v) is 7.36. The average Bonchev–Trinajstić information content (AvgIpc) is 2.87. The summed E-state index contributed by atoms with van der Waals surface area (Å²) >= 11 is 1.20. The van der Waals surface area contributed by atoms with Crippen molar-refractivity contribution in [3.8, 4) is 0 Å². The number of nitro groups is 1. The first-order valence-corrected chi connectivity index (χ1v) is 8.41. The second-order valence-electron chi connectivity index (χ2n) is 6.47. The molecule has 1 aromatic rings. The molecule has 0 saturated heterocycles. The van der Waals surface area contributed by atoms with Gasteiger partial charge in [-0.1, -0.05) is 31.1 Å². The lowest BCUT2D eigenvalue weighted by Crippen LogP contribution is -2.54. The van der Waals surface area contributed by atoms with E-state index in [9.17, 15) is 10.1 Å². The second kappa shape index (κ2) is 6.85. The van der Waals surface area contributed by atoms with E-state index in [2.05, 4.69) is 31.2 Å². The third kappa shape index (κ3) is 4.02. The van der Waals surface area contributed by atoms with Crippen LogP contribution < -0.4 is 5.32 Å². The molecule has 0 bridgehead atoms. The van der Waals surface area contributed by atoms with Crippen LogP contribution in [0.4, 0.5) is 5.00 Å². The summed E-state index contributed by atoms with van der Waals surface area (Å²) in [5.41, 5.74) is 1.23. The van der Waals surface area contributed by atoms with Crippen LogP contribution in [0.15, 0.2) is 11.4 Å². The van der Waals surface area contributed by atoms with Crippen LogP contribution in [0.25, 0.3) is 0 Å². The van der Waals surface area contributed by atoms with Crippen LogP contribution in [0.3, 0.4) is 0 Å². The molecule has 0 aromatic carbocycles. The summed E-state index contributed by atoms with van der Waals surface area (Å²) in [6.45, 7) is 3.97. The molecule has 2 atom stereocenters. The fourth-order valence-corrected chi connectivity index (χ4v) is 4.08. The van der Waals surface area contributed by atoms with Crippen molar-refractivity contribution in [3.05, 3.63) is 27.1 Å². The summed E-state index contributed by atoms with van der Waals surface area (Å²) in [6, 6.07) is 1.67. The number of nitrogens with one attached hydrogen (secondary N) is 1. The van der Waals surface area contributed by atoms with Crippen LogP contribution in [0.2, 0.25) is 0 Å². The van der Waals surface area contributed by atoms with E-state index in [0.717, 1.165) is 18.0 Å². The monoisotopic (exact) mass is 311 g/mol. The molecular weight excluding hydrogens is 286 g/mol. The van der Waals surface area contributed by atoms with E-state index in [4.69, 9.17) is 0 Å². The van der Waals surface area contributed by atoms with Gasteiger partial charge in [0.25, 0.3) is 0 Å². The summed E-state index contributed by atoms with van der Waals surface area (Å²) in [4.78, 5) is 12.7. The van der Waals surface area contributed by atoms with Crippen molar-refractivity contribution < 1.29 is 4.92 Å². The van der Waals surface area contributed by atoms with Gasteiger partial charge >= 0.3 is 5.00 Å². The van der Waals surface area contributed by atoms with Gasteiger partial charge < -0.3 is 10.2 Å². The summed E-state index contributed by atoms with van der Waals surface area (Å²) < 4.78 is 0. The molecule has 1 fully saturated rings. The number of likely N-dealkylation sites (N-methyl/N-ethyl adjacent to an activating group) is 1. The summed E-state index contributed by atoms with van der Waals surface area (Å²) in [6.07, 6.45) is 5.05. The Hall–Kier alpha value is -0.980. The van der Waals surface area contributed by atoms with Crippen molar-refractivity contribution in [1.29, 1.82) is 0 Å². The number of hydrogen-bond donors (Lipinski definition) is 1.